The quantitative estimate of drug-likeness (QED) is 0.244. The van der Waals surface area contributed by atoms with Crippen LogP contribution in [0, 0.1) is 10.5 Å². The van der Waals surface area contributed by atoms with Crippen molar-refractivity contribution in [3.05, 3.63) is 56.1 Å². The van der Waals surface area contributed by atoms with Crippen molar-refractivity contribution in [2.45, 2.75) is 12.1 Å². The summed E-state index contributed by atoms with van der Waals surface area (Å²) in [5.74, 6) is 1.41. The lowest BCUT2D eigenvalue weighted by Gasteiger charge is -2.08. The van der Waals surface area contributed by atoms with Crippen molar-refractivity contribution < 1.29 is 9.21 Å². The third-order valence-electron chi connectivity index (χ3n) is 4.33. The number of amides is 1. The lowest BCUT2D eigenvalue weighted by atomic mass is 10.2. The van der Waals surface area contributed by atoms with Gasteiger partial charge in [-0.25, -0.2) is 0 Å². The molecule has 9 heteroatoms. The molecule has 6 nitrogen and oxygen atoms in total. The molecule has 1 amide bonds. The Morgan fingerprint density at radius 3 is 2.86 bits per heavy atom. The minimum Gasteiger partial charge on any atom is -0.453 e. The molecular formula is C20H16BrIN4O2S. The van der Waals surface area contributed by atoms with Gasteiger partial charge in [-0.05, 0) is 77.5 Å². The van der Waals surface area contributed by atoms with Crippen LogP contribution in [-0.4, -0.2) is 26.4 Å². The molecule has 0 aliphatic rings. The van der Waals surface area contributed by atoms with Crippen molar-refractivity contribution in [3.8, 4) is 11.6 Å². The normalized spacial score (nSPS) is 11.2. The number of carbonyl (C=O) groups is 1. The number of furan rings is 1. The maximum absolute atomic E-state index is 12.3. The first-order valence-electron chi connectivity index (χ1n) is 8.68. The van der Waals surface area contributed by atoms with Crippen LogP contribution in [0.2, 0.25) is 0 Å². The van der Waals surface area contributed by atoms with Crippen LogP contribution in [-0.2, 0) is 11.8 Å². The number of aryl methyl sites for hydroxylation is 1. The molecule has 0 saturated heterocycles. The Labute approximate surface area is 193 Å². The second kappa shape index (κ2) is 8.49. The fourth-order valence-electron chi connectivity index (χ4n) is 2.86. The average Bonchev–Trinajstić information content (AvgIpc) is 3.25. The van der Waals surface area contributed by atoms with Gasteiger partial charge in [-0.1, -0.05) is 27.7 Å². The van der Waals surface area contributed by atoms with Gasteiger partial charge in [0.1, 0.15) is 5.58 Å². The molecule has 0 fully saturated rings. The number of hydrogen-bond donors (Lipinski definition) is 1. The van der Waals surface area contributed by atoms with Crippen molar-refractivity contribution in [1.29, 1.82) is 0 Å². The predicted octanol–water partition coefficient (Wildman–Crippen LogP) is 5.63. The number of anilines is 1. The molecule has 0 radical (unpaired) electrons. The minimum atomic E-state index is -0.0857. The van der Waals surface area contributed by atoms with Gasteiger partial charge < -0.3 is 14.3 Å². The van der Waals surface area contributed by atoms with Crippen LogP contribution in [0.3, 0.4) is 0 Å². The van der Waals surface area contributed by atoms with Gasteiger partial charge in [0.25, 0.3) is 0 Å². The third kappa shape index (κ3) is 4.51. The number of rotatable bonds is 5. The van der Waals surface area contributed by atoms with Gasteiger partial charge in [-0.2, -0.15) is 0 Å². The number of nitrogens with one attached hydrogen (secondary N) is 1. The second-order valence-electron chi connectivity index (χ2n) is 6.45. The molecule has 0 saturated carbocycles. The predicted molar refractivity (Wildman–Crippen MR) is 127 cm³/mol. The highest BCUT2D eigenvalue weighted by atomic mass is 127. The van der Waals surface area contributed by atoms with Gasteiger partial charge in [-0.15, -0.1) is 10.2 Å². The minimum absolute atomic E-state index is 0.0857. The number of halogens is 2. The molecule has 0 unspecified atom stereocenters. The van der Waals surface area contributed by atoms with E-state index in [4.69, 9.17) is 4.42 Å². The summed E-state index contributed by atoms with van der Waals surface area (Å²) in [7, 11) is 1.86. The van der Waals surface area contributed by atoms with E-state index in [-0.39, 0.29) is 11.7 Å². The first-order chi connectivity index (χ1) is 13.9. The number of fused-ring (bicyclic) bond motifs is 1. The highest BCUT2D eigenvalue weighted by Gasteiger charge is 2.17. The van der Waals surface area contributed by atoms with Crippen LogP contribution in [0.5, 0.6) is 0 Å². The Kier molecular flexibility index (Phi) is 5.98. The summed E-state index contributed by atoms with van der Waals surface area (Å²) in [6.45, 7) is 1.98. The van der Waals surface area contributed by atoms with E-state index in [2.05, 4.69) is 54.0 Å². The van der Waals surface area contributed by atoms with Gasteiger partial charge in [-0.3, -0.25) is 4.79 Å². The number of aromatic nitrogens is 3. The van der Waals surface area contributed by atoms with Crippen LogP contribution >= 0.6 is 50.3 Å². The van der Waals surface area contributed by atoms with E-state index in [0.29, 0.717) is 16.7 Å². The van der Waals surface area contributed by atoms with Crippen LogP contribution in [0.4, 0.5) is 5.69 Å². The first-order valence-corrected chi connectivity index (χ1v) is 11.5. The van der Waals surface area contributed by atoms with Crippen LogP contribution in [0.1, 0.15) is 5.56 Å². The van der Waals surface area contributed by atoms with E-state index in [9.17, 15) is 4.79 Å². The monoisotopic (exact) mass is 582 g/mol. The van der Waals surface area contributed by atoms with Crippen molar-refractivity contribution in [2.24, 2.45) is 7.05 Å². The molecule has 29 heavy (non-hydrogen) atoms. The second-order valence-corrected chi connectivity index (χ2v) is 9.56. The standard InChI is InChI=1S/C20H16BrIN4O2S/c1-11-7-14(22)4-5-15(11)23-18(27)10-29-20-25-24-19(26(20)2)17-9-12-8-13(21)3-6-16(12)28-17/h3-9H,10H2,1-2H3,(H,23,27). The summed E-state index contributed by atoms with van der Waals surface area (Å²) in [5.41, 5.74) is 2.64. The van der Waals surface area contributed by atoms with Crippen LogP contribution in [0.25, 0.3) is 22.6 Å². The smallest absolute Gasteiger partial charge is 0.234 e. The molecule has 2 aromatic carbocycles. The Morgan fingerprint density at radius 2 is 2.07 bits per heavy atom. The Bertz CT molecular complexity index is 1220. The van der Waals surface area contributed by atoms with E-state index in [1.807, 2.05) is 61.0 Å². The van der Waals surface area contributed by atoms with E-state index in [1.165, 1.54) is 11.8 Å². The summed E-state index contributed by atoms with van der Waals surface area (Å²) < 4.78 is 9.85. The lowest BCUT2D eigenvalue weighted by Crippen LogP contribution is -2.15. The molecule has 4 aromatic rings. The maximum Gasteiger partial charge on any atom is 0.234 e. The largest absolute Gasteiger partial charge is 0.453 e. The molecule has 0 atom stereocenters. The summed E-state index contributed by atoms with van der Waals surface area (Å²) >= 11 is 7.05. The third-order valence-corrected chi connectivity index (χ3v) is 6.51. The molecule has 148 valence electrons. The Balaban J connectivity index is 1.46. The van der Waals surface area contributed by atoms with Gasteiger partial charge in [0, 0.05) is 26.2 Å². The van der Waals surface area contributed by atoms with Crippen molar-refractivity contribution in [2.75, 3.05) is 11.1 Å². The van der Waals surface area contributed by atoms with Crippen molar-refractivity contribution in [1.82, 2.24) is 14.8 Å². The molecular weight excluding hydrogens is 567 g/mol. The van der Waals surface area contributed by atoms with E-state index in [0.717, 1.165) is 30.3 Å². The fraction of sp³-hybridized carbons (Fsp3) is 0.150. The zero-order valence-electron chi connectivity index (χ0n) is 15.6. The van der Waals surface area contributed by atoms with Gasteiger partial charge in [0.15, 0.2) is 16.7 Å². The summed E-state index contributed by atoms with van der Waals surface area (Å²) in [6, 6.07) is 13.7. The first kappa shape index (κ1) is 20.4. The molecule has 1 N–H and O–H groups in total. The average molecular weight is 583 g/mol. The molecule has 2 heterocycles. The Hall–Kier alpha value is -1.85. The lowest BCUT2D eigenvalue weighted by molar-refractivity contribution is -0.113. The van der Waals surface area contributed by atoms with Gasteiger partial charge in [0.05, 0.1) is 5.75 Å². The summed E-state index contributed by atoms with van der Waals surface area (Å²) in [5, 5.41) is 13.0. The zero-order chi connectivity index (χ0) is 20.5. The van der Waals surface area contributed by atoms with Gasteiger partial charge >= 0.3 is 0 Å². The zero-order valence-corrected chi connectivity index (χ0v) is 20.1. The fourth-order valence-corrected chi connectivity index (χ4v) is 4.60. The molecule has 0 bridgehead atoms. The number of thioether (sulfide) groups is 1. The maximum atomic E-state index is 12.3. The Morgan fingerprint density at radius 1 is 1.24 bits per heavy atom. The molecule has 0 aliphatic carbocycles. The molecule has 4 rings (SSSR count). The highest BCUT2D eigenvalue weighted by Crippen LogP contribution is 2.30. The number of carbonyl (C=O) groups excluding carboxylic acids is 1. The topological polar surface area (TPSA) is 73.0 Å². The summed E-state index contributed by atoms with van der Waals surface area (Å²) in [6.07, 6.45) is 0. The van der Waals surface area contributed by atoms with Crippen molar-refractivity contribution >= 4 is 72.8 Å². The molecule has 0 aliphatic heterocycles. The van der Waals surface area contributed by atoms with E-state index >= 15 is 0 Å². The number of benzene rings is 2. The van der Waals surface area contributed by atoms with Gasteiger partial charge in [0.2, 0.25) is 5.91 Å². The van der Waals surface area contributed by atoms with Crippen LogP contribution in [0.15, 0.2) is 56.5 Å². The number of hydrogen-bond acceptors (Lipinski definition) is 5. The number of nitrogens with zero attached hydrogens (tertiary/aromatic N) is 3. The molecule has 2 aromatic heterocycles. The highest BCUT2D eigenvalue weighted by molar-refractivity contribution is 14.1. The van der Waals surface area contributed by atoms with Crippen LogP contribution < -0.4 is 5.32 Å². The SMILES string of the molecule is Cc1cc(I)ccc1NC(=O)CSc1nnc(-c2cc3cc(Br)ccc3o2)n1C. The van der Waals surface area contributed by atoms with E-state index in [1.54, 1.807) is 0 Å². The van der Waals surface area contributed by atoms with Crippen molar-refractivity contribution in [3.63, 3.8) is 0 Å². The molecule has 0 spiro atoms. The van der Waals surface area contributed by atoms with E-state index < -0.39 is 0 Å². The summed E-state index contributed by atoms with van der Waals surface area (Å²) in [4.78, 5) is 12.3.